The Balaban J connectivity index is 1.86. The molecular formula is C18H19N3O5. The Morgan fingerprint density at radius 2 is 1.96 bits per heavy atom. The van der Waals surface area contributed by atoms with Gasteiger partial charge in [-0.3, -0.25) is 28.9 Å². The number of hydrogen-bond acceptors (Lipinski definition) is 6. The normalized spacial score (nSPS) is 19.7. The van der Waals surface area contributed by atoms with Crippen molar-refractivity contribution in [1.82, 2.24) is 10.2 Å². The zero-order valence-electron chi connectivity index (χ0n) is 14.1. The summed E-state index contributed by atoms with van der Waals surface area (Å²) in [6, 6.07) is 3.91. The standard InChI is InChI=1S/C18H19N3O5/c19-7-6-15(24)20-9-10-2-1-3-12-16(10)18(26)21(17(12)25)13-5-4-11(22)8-14(13)23/h1-3,13H,4-9,19H2,(H,20,24). The fourth-order valence-electron chi connectivity index (χ4n) is 3.35. The molecule has 0 bridgehead atoms. The summed E-state index contributed by atoms with van der Waals surface area (Å²) >= 11 is 0. The highest BCUT2D eigenvalue weighted by atomic mass is 16.2. The Morgan fingerprint density at radius 3 is 2.65 bits per heavy atom. The molecule has 1 unspecified atom stereocenters. The molecule has 0 radical (unpaired) electrons. The lowest BCUT2D eigenvalue weighted by Crippen LogP contribution is -2.47. The van der Waals surface area contributed by atoms with Crippen molar-refractivity contribution in [2.24, 2.45) is 5.73 Å². The van der Waals surface area contributed by atoms with E-state index in [-0.39, 0.29) is 61.6 Å². The van der Waals surface area contributed by atoms with Gasteiger partial charge in [-0.25, -0.2) is 0 Å². The number of carbonyl (C=O) groups is 5. The first-order valence-corrected chi connectivity index (χ1v) is 8.45. The third-order valence-electron chi connectivity index (χ3n) is 4.63. The first-order chi connectivity index (χ1) is 12.4. The predicted octanol–water partition coefficient (Wildman–Crippen LogP) is -0.0617. The minimum Gasteiger partial charge on any atom is -0.352 e. The average Bonchev–Trinajstić information content (AvgIpc) is 2.85. The second-order valence-corrected chi connectivity index (χ2v) is 6.37. The molecule has 136 valence electrons. The van der Waals surface area contributed by atoms with Crippen LogP contribution in [-0.2, 0) is 20.9 Å². The van der Waals surface area contributed by atoms with Crippen LogP contribution in [0.15, 0.2) is 18.2 Å². The molecule has 0 spiro atoms. The van der Waals surface area contributed by atoms with Gasteiger partial charge in [0, 0.05) is 25.9 Å². The van der Waals surface area contributed by atoms with Crippen molar-refractivity contribution in [1.29, 1.82) is 0 Å². The SMILES string of the molecule is NCCC(=O)NCc1cccc2c1C(=O)N(C1CCC(=O)CC1=O)C2=O. The molecule has 0 aromatic heterocycles. The van der Waals surface area contributed by atoms with Gasteiger partial charge in [0.15, 0.2) is 5.78 Å². The number of nitrogens with zero attached hydrogens (tertiary/aromatic N) is 1. The number of ketones is 2. The molecule has 1 saturated carbocycles. The van der Waals surface area contributed by atoms with Gasteiger partial charge < -0.3 is 11.1 Å². The van der Waals surface area contributed by atoms with E-state index in [1.54, 1.807) is 12.1 Å². The van der Waals surface area contributed by atoms with Crippen molar-refractivity contribution in [3.05, 3.63) is 34.9 Å². The number of rotatable bonds is 5. The van der Waals surface area contributed by atoms with Crippen LogP contribution in [0.3, 0.4) is 0 Å². The number of benzene rings is 1. The predicted molar refractivity (Wildman–Crippen MR) is 90.1 cm³/mol. The zero-order valence-corrected chi connectivity index (χ0v) is 14.1. The van der Waals surface area contributed by atoms with Crippen LogP contribution in [0, 0.1) is 0 Å². The second-order valence-electron chi connectivity index (χ2n) is 6.37. The highest BCUT2D eigenvalue weighted by molar-refractivity contribution is 6.24. The monoisotopic (exact) mass is 357 g/mol. The highest BCUT2D eigenvalue weighted by Gasteiger charge is 2.45. The quantitative estimate of drug-likeness (QED) is 0.561. The summed E-state index contributed by atoms with van der Waals surface area (Å²) in [5, 5.41) is 2.66. The molecule has 1 aliphatic heterocycles. The number of carbonyl (C=O) groups excluding carboxylic acids is 5. The summed E-state index contributed by atoms with van der Waals surface area (Å²) in [5.41, 5.74) is 6.25. The van der Waals surface area contributed by atoms with E-state index in [9.17, 15) is 24.0 Å². The molecule has 3 N–H and O–H groups in total. The molecule has 8 heteroatoms. The van der Waals surface area contributed by atoms with Crippen molar-refractivity contribution in [2.45, 2.75) is 38.3 Å². The number of nitrogens with two attached hydrogens (primary N) is 1. The van der Waals surface area contributed by atoms with Crippen LogP contribution in [-0.4, -0.2) is 46.8 Å². The first-order valence-electron chi connectivity index (χ1n) is 8.45. The molecule has 3 amide bonds. The maximum Gasteiger partial charge on any atom is 0.262 e. The van der Waals surface area contributed by atoms with Crippen LogP contribution < -0.4 is 11.1 Å². The summed E-state index contributed by atoms with van der Waals surface area (Å²) in [4.78, 5) is 61.7. The van der Waals surface area contributed by atoms with E-state index < -0.39 is 23.6 Å². The summed E-state index contributed by atoms with van der Waals surface area (Å²) in [5.74, 6) is -1.92. The fraction of sp³-hybridized carbons (Fsp3) is 0.389. The van der Waals surface area contributed by atoms with Crippen molar-refractivity contribution >= 4 is 29.3 Å². The lowest BCUT2D eigenvalue weighted by atomic mass is 9.92. The zero-order chi connectivity index (χ0) is 18.8. The summed E-state index contributed by atoms with van der Waals surface area (Å²) in [7, 11) is 0. The Bertz CT molecular complexity index is 817. The maximum atomic E-state index is 12.9. The number of amides is 3. The highest BCUT2D eigenvalue weighted by Crippen LogP contribution is 2.31. The molecule has 1 atom stereocenters. The Hall–Kier alpha value is -2.87. The second kappa shape index (κ2) is 7.17. The van der Waals surface area contributed by atoms with Gasteiger partial charge >= 0.3 is 0 Å². The lowest BCUT2D eigenvalue weighted by molar-refractivity contribution is -0.132. The average molecular weight is 357 g/mol. The summed E-state index contributed by atoms with van der Waals surface area (Å²) in [6.07, 6.45) is 0.246. The van der Waals surface area contributed by atoms with Crippen LogP contribution in [0.4, 0.5) is 0 Å². The van der Waals surface area contributed by atoms with Crippen LogP contribution in [0.25, 0.3) is 0 Å². The third-order valence-corrected chi connectivity index (χ3v) is 4.63. The lowest BCUT2D eigenvalue weighted by Gasteiger charge is -2.27. The van der Waals surface area contributed by atoms with E-state index in [1.807, 2.05) is 0 Å². The van der Waals surface area contributed by atoms with E-state index >= 15 is 0 Å². The van der Waals surface area contributed by atoms with E-state index in [0.717, 1.165) is 4.90 Å². The van der Waals surface area contributed by atoms with E-state index in [4.69, 9.17) is 5.73 Å². The fourth-order valence-corrected chi connectivity index (χ4v) is 3.35. The van der Waals surface area contributed by atoms with Gasteiger partial charge in [0.1, 0.15) is 5.78 Å². The molecule has 1 aliphatic carbocycles. The Morgan fingerprint density at radius 1 is 1.19 bits per heavy atom. The molecule has 1 heterocycles. The maximum absolute atomic E-state index is 12.9. The largest absolute Gasteiger partial charge is 0.352 e. The molecular weight excluding hydrogens is 338 g/mol. The molecule has 2 aliphatic rings. The van der Waals surface area contributed by atoms with Crippen LogP contribution in [0.2, 0.25) is 0 Å². The molecule has 1 aromatic carbocycles. The minimum atomic E-state index is -0.903. The number of Topliss-reactive ketones (excluding diaryl/α,β-unsaturated/α-hetero) is 2. The number of fused-ring (bicyclic) bond motifs is 1. The van der Waals surface area contributed by atoms with Gasteiger partial charge in [0.05, 0.1) is 23.6 Å². The third kappa shape index (κ3) is 3.15. The van der Waals surface area contributed by atoms with Gasteiger partial charge in [-0.15, -0.1) is 0 Å². The van der Waals surface area contributed by atoms with Crippen LogP contribution in [0.5, 0.6) is 0 Å². The van der Waals surface area contributed by atoms with E-state index in [0.29, 0.717) is 5.56 Å². The molecule has 0 saturated heterocycles. The smallest absolute Gasteiger partial charge is 0.262 e. The number of nitrogens with one attached hydrogen (secondary N) is 1. The van der Waals surface area contributed by atoms with Crippen LogP contribution >= 0.6 is 0 Å². The van der Waals surface area contributed by atoms with Gasteiger partial charge in [0.2, 0.25) is 5.91 Å². The first kappa shape index (κ1) is 17.9. The summed E-state index contributed by atoms with van der Waals surface area (Å²) < 4.78 is 0. The Kier molecular flexibility index (Phi) is 4.94. The van der Waals surface area contributed by atoms with Crippen molar-refractivity contribution < 1.29 is 24.0 Å². The van der Waals surface area contributed by atoms with Crippen molar-refractivity contribution in [3.63, 3.8) is 0 Å². The minimum absolute atomic E-state index is 0.0893. The number of imide groups is 1. The number of hydrogen-bond donors (Lipinski definition) is 2. The molecule has 3 rings (SSSR count). The van der Waals surface area contributed by atoms with Gasteiger partial charge in [-0.1, -0.05) is 12.1 Å². The van der Waals surface area contributed by atoms with Gasteiger partial charge in [0.25, 0.3) is 11.8 Å². The topological polar surface area (TPSA) is 127 Å². The molecule has 8 nitrogen and oxygen atoms in total. The van der Waals surface area contributed by atoms with Crippen molar-refractivity contribution in [2.75, 3.05) is 6.54 Å². The van der Waals surface area contributed by atoms with Gasteiger partial charge in [-0.05, 0) is 18.1 Å². The summed E-state index contributed by atoms with van der Waals surface area (Å²) in [6.45, 7) is 0.304. The molecule has 1 aromatic rings. The Labute approximate surface area is 149 Å². The van der Waals surface area contributed by atoms with Crippen molar-refractivity contribution in [3.8, 4) is 0 Å². The van der Waals surface area contributed by atoms with E-state index in [2.05, 4.69) is 5.32 Å². The van der Waals surface area contributed by atoms with Gasteiger partial charge in [-0.2, -0.15) is 0 Å². The molecule has 1 fully saturated rings. The van der Waals surface area contributed by atoms with E-state index in [1.165, 1.54) is 6.07 Å². The van der Waals surface area contributed by atoms with Crippen LogP contribution in [0.1, 0.15) is 52.0 Å². The molecule has 26 heavy (non-hydrogen) atoms.